The maximum Gasteiger partial charge on any atom is 0.213 e. The Kier molecular flexibility index (Phi) is 5.60. The zero-order valence-electron chi connectivity index (χ0n) is 13.6. The van der Waals surface area contributed by atoms with Gasteiger partial charge in [-0.05, 0) is 36.8 Å². The van der Waals surface area contributed by atoms with Crippen LogP contribution in [0.1, 0.15) is 41.0 Å². The van der Waals surface area contributed by atoms with Crippen molar-refractivity contribution >= 4 is 33.3 Å². The minimum atomic E-state index is -0.159. The van der Waals surface area contributed by atoms with Crippen LogP contribution in [0.2, 0.25) is 0 Å². The number of hydrogen-bond acceptors (Lipinski definition) is 4. The number of rotatable bonds is 6. The molecule has 3 rings (SSSR count). The molecule has 0 fully saturated rings. The number of alkyl halides is 1. The highest BCUT2D eigenvalue weighted by molar-refractivity contribution is 9.10. The van der Waals surface area contributed by atoms with Gasteiger partial charge >= 0.3 is 0 Å². The molecule has 25 heavy (non-hydrogen) atoms. The first kappa shape index (κ1) is 17.8. The molecule has 0 unspecified atom stereocenters. The molecule has 0 saturated heterocycles. The van der Waals surface area contributed by atoms with Crippen LogP contribution >= 0.6 is 27.5 Å². The van der Waals surface area contributed by atoms with Crippen molar-refractivity contribution in [1.29, 1.82) is 0 Å². The average Bonchev–Trinajstić information content (AvgIpc) is 3.05. The van der Waals surface area contributed by atoms with Crippen LogP contribution < -0.4 is 0 Å². The van der Waals surface area contributed by atoms with Gasteiger partial charge in [0.25, 0.3) is 0 Å². The number of aromatic nitrogens is 4. The Hall–Kier alpha value is -2.05. The molecule has 0 atom stereocenters. The first-order chi connectivity index (χ1) is 12.2. The van der Waals surface area contributed by atoms with E-state index in [1.807, 2.05) is 16.7 Å². The smallest absolute Gasteiger partial charge is 0.213 e. The first-order valence-corrected chi connectivity index (χ1v) is 9.23. The number of halogens is 2. The fourth-order valence-electron chi connectivity index (χ4n) is 2.62. The third-order valence-electron chi connectivity index (χ3n) is 3.73. The minimum Gasteiger partial charge on any atom is -0.287 e. The van der Waals surface area contributed by atoms with Gasteiger partial charge in [0.1, 0.15) is 11.5 Å². The van der Waals surface area contributed by atoms with Crippen LogP contribution in [-0.4, -0.2) is 25.5 Å². The number of nitrogens with zero attached hydrogens (tertiary/aromatic N) is 4. The van der Waals surface area contributed by atoms with Gasteiger partial charge in [-0.3, -0.25) is 14.3 Å². The second-order valence-electron chi connectivity index (χ2n) is 5.46. The number of pyridine rings is 1. The van der Waals surface area contributed by atoms with Crippen molar-refractivity contribution < 1.29 is 4.79 Å². The van der Waals surface area contributed by atoms with Crippen LogP contribution in [0.3, 0.4) is 0 Å². The van der Waals surface area contributed by atoms with E-state index in [-0.39, 0.29) is 11.7 Å². The molecule has 0 aliphatic carbocycles. The van der Waals surface area contributed by atoms with Crippen molar-refractivity contribution in [3.63, 3.8) is 0 Å². The summed E-state index contributed by atoms with van der Waals surface area (Å²) in [5, 5.41) is 8.41. The quantitative estimate of drug-likeness (QED) is 0.440. The molecule has 1 aromatic carbocycles. The predicted molar refractivity (Wildman–Crippen MR) is 100 cm³/mol. The summed E-state index contributed by atoms with van der Waals surface area (Å²) in [5.74, 6) is 1.45. The molecule has 0 bridgehead atoms. The molecule has 0 N–H and O–H groups in total. The van der Waals surface area contributed by atoms with E-state index in [0.29, 0.717) is 22.8 Å². The summed E-state index contributed by atoms with van der Waals surface area (Å²) < 4.78 is 2.69. The standard InChI is InChI=1S/C18H16BrClN4O/c1-2-5-16-22-23-17(11-20)24(16)15-8-7-12(19)10-13(15)18(25)14-6-3-4-9-21-14/h3-4,6-10H,2,5,11H2,1H3. The fourth-order valence-corrected chi connectivity index (χ4v) is 3.16. The molecule has 128 valence electrons. The van der Waals surface area contributed by atoms with E-state index >= 15 is 0 Å². The van der Waals surface area contributed by atoms with Crippen LogP contribution in [0.4, 0.5) is 0 Å². The average molecular weight is 420 g/mol. The molecular formula is C18H16BrClN4O. The van der Waals surface area contributed by atoms with Gasteiger partial charge in [0.05, 0.1) is 11.6 Å². The molecular weight excluding hydrogens is 404 g/mol. The summed E-state index contributed by atoms with van der Waals surface area (Å²) in [5.41, 5.74) is 1.62. The normalized spacial score (nSPS) is 10.8. The summed E-state index contributed by atoms with van der Waals surface area (Å²) in [6.45, 7) is 2.07. The van der Waals surface area contributed by atoms with Crippen LogP contribution in [0, 0.1) is 0 Å². The Bertz CT molecular complexity index is 895. The van der Waals surface area contributed by atoms with Crippen molar-refractivity contribution in [2.75, 3.05) is 0 Å². The van der Waals surface area contributed by atoms with Gasteiger partial charge in [-0.15, -0.1) is 21.8 Å². The highest BCUT2D eigenvalue weighted by Crippen LogP contribution is 2.25. The third-order valence-corrected chi connectivity index (χ3v) is 4.46. The molecule has 0 amide bonds. The summed E-state index contributed by atoms with van der Waals surface area (Å²) >= 11 is 9.49. The maximum absolute atomic E-state index is 13.0. The highest BCUT2D eigenvalue weighted by Gasteiger charge is 2.21. The number of ketones is 1. The van der Waals surface area contributed by atoms with Crippen molar-refractivity contribution in [3.05, 3.63) is 70.0 Å². The minimum absolute atomic E-state index is 0.159. The topological polar surface area (TPSA) is 60.7 Å². The Morgan fingerprint density at radius 1 is 1.20 bits per heavy atom. The third kappa shape index (κ3) is 3.65. The van der Waals surface area contributed by atoms with Crippen LogP contribution in [0.5, 0.6) is 0 Å². The second kappa shape index (κ2) is 7.89. The predicted octanol–water partition coefficient (Wildman–Crippen LogP) is 4.35. The van der Waals surface area contributed by atoms with Crippen molar-refractivity contribution in [2.24, 2.45) is 0 Å². The molecule has 0 aliphatic rings. The van der Waals surface area contributed by atoms with Gasteiger partial charge in [0.15, 0.2) is 5.82 Å². The molecule has 7 heteroatoms. The van der Waals surface area contributed by atoms with Crippen molar-refractivity contribution in [1.82, 2.24) is 19.7 Å². The lowest BCUT2D eigenvalue weighted by Gasteiger charge is -2.14. The van der Waals surface area contributed by atoms with Gasteiger partial charge in [0, 0.05) is 22.7 Å². The van der Waals surface area contributed by atoms with E-state index in [1.165, 1.54) is 0 Å². The van der Waals surface area contributed by atoms with E-state index in [9.17, 15) is 4.79 Å². The van der Waals surface area contributed by atoms with E-state index in [2.05, 4.69) is 38.0 Å². The molecule has 2 aromatic heterocycles. The second-order valence-corrected chi connectivity index (χ2v) is 6.64. The van der Waals surface area contributed by atoms with Gasteiger partial charge in [-0.2, -0.15) is 0 Å². The number of carbonyl (C=O) groups is 1. The summed E-state index contributed by atoms with van der Waals surface area (Å²) in [6, 6.07) is 10.8. The number of aryl methyl sites for hydroxylation is 1. The Morgan fingerprint density at radius 3 is 2.68 bits per heavy atom. The zero-order valence-corrected chi connectivity index (χ0v) is 16.0. The molecule has 2 heterocycles. The molecule has 0 radical (unpaired) electrons. The van der Waals surface area contributed by atoms with E-state index in [4.69, 9.17) is 11.6 Å². The highest BCUT2D eigenvalue weighted by atomic mass is 79.9. The Balaban J connectivity index is 2.19. The SMILES string of the molecule is CCCc1nnc(CCl)n1-c1ccc(Br)cc1C(=O)c1ccccn1. The van der Waals surface area contributed by atoms with E-state index < -0.39 is 0 Å². The summed E-state index contributed by atoms with van der Waals surface area (Å²) in [7, 11) is 0. The van der Waals surface area contributed by atoms with Gasteiger partial charge in [-0.1, -0.05) is 28.9 Å². The van der Waals surface area contributed by atoms with Crippen molar-refractivity contribution in [3.8, 4) is 5.69 Å². The summed E-state index contributed by atoms with van der Waals surface area (Å²) in [4.78, 5) is 17.2. The van der Waals surface area contributed by atoms with Gasteiger partial charge in [0.2, 0.25) is 5.78 Å². The fraction of sp³-hybridized carbons (Fsp3) is 0.222. The monoisotopic (exact) mass is 418 g/mol. The molecule has 0 aliphatic heterocycles. The Labute approximate surface area is 159 Å². The van der Waals surface area contributed by atoms with Crippen molar-refractivity contribution in [2.45, 2.75) is 25.6 Å². The van der Waals surface area contributed by atoms with E-state index in [1.54, 1.807) is 30.5 Å². The lowest BCUT2D eigenvalue weighted by atomic mass is 10.0. The summed E-state index contributed by atoms with van der Waals surface area (Å²) in [6.07, 6.45) is 3.27. The molecule has 5 nitrogen and oxygen atoms in total. The van der Waals surface area contributed by atoms with Gasteiger partial charge in [-0.25, -0.2) is 0 Å². The van der Waals surface area contributed by atoms with E-state index in [0.717, 1.165) is 23.1 Å². The van der Waals surface area contributed by atoms with Crippen LogP contribution in [0.25, 0.3) is 5.69 Å². The zero-order chi connectivity index (χ0) is 17.8. The molecule has 0 spiro atoms. The van der Waals surface area contributed by atoms with Crippen LogP contribution in [-0.2, 0) is 12.3 Å². The number of benzene rings is 1. The van der Waals surface area contributed by atoms with Gasteiger partial charge < -0.3 is 0 Å². The first-order valence-electron chi connectivity index (χ1n) is 7.90. The molecule has 3 aromatic rings. The molecule has 0 saturated carbocycles. The number of hydrogen-bond donors (Lipinski definition) is 0. The maximum atomic E-state index is 13.0. The lowest BCUT2D eigenvalue weighted by Crippen LogP contribution is -2.12. The lowest BCUT2D eigenvalue weighted by molar-refractivity contribution is 0.103. The Morgan fingerprint density at radius 2 is 2.00 bits per heavy atom. The largest absolute Gasteiger partial charge is 0.287 e. The number of carbonyl (C=O) groups excluding carboxylic acids is 1. The van der Waals surface area contributed by atoms with Crippen LogP contribution in [0.15, 0.2) is 47.1 Å².